The molecule has 0 aromatic carbocycles. The summed E-state index contributed by atoms with van der Waals surface area (Å²) in [5.41, 5.74) is 0. The van der Waals surface area contributed by atoms with Crippen LogP contribution in [0.3, 0.4) is 0 Å². The standard InChI is InChI=1S/C10H18N2O/c1-7-4-8(7)5-11-6-9-2-3-10(13)12-9/h7-9,11H,2-6H2,1H3,(H,12,13). The van der Waals surface area contributed by atoms with Crippen molar-refractivity contribution in [1.82, 2.24) is 10.6 Å². The van der Waals surface area contributed by atoms with Crippen molar-refractivity contribution in [3.8, 4) is 0 Å². The van der Waals surface area contributed by atoms with Crippen LogP contribution in [0.5, 0.6) is 0 Å². The summed E-state index contributed by atoms with van der Waals surface area (Å²) in [6, 6.07) is 0.390. The molecule has 3 unspecified atom stereocenters. The molecule has 1 aliphatic heterocycles. The van der Waals surface area contributed by atoms with Crippen molar-refractivity contribution in [2.24, 2.45) is 11.8 Å². The Hall–Kier alpha value is -0.570. The van der Waals surface area contributed by atoms with Crippen LogP contribution in [-0.4, -0.2) is 25.0 Å². The molecule has 0 spiro atoms. The second kappa shape index (κ2) is 3.66. The van der Waals surface area contributed by atoms with Gasteiger partial charge in [-0.15, -0.1) is 0 Å². The zero-order valence-corrected chi connectivity index (χ0v) is 8.18. The Kier molecular flexibility index (Phi) is 2.54. The molecule has 1 aliphatic carbocycles. The molecule has 0 aromatic heterocycles. The van der Waals surface area contributed by atoms with Gasteiger partial charge in [-0.2, -0.15) is 0 Å². The third kappa shape index (κ3) is 2.44. The monoisotopic (exact) mass is 182 g/mol. The van der Waals surface area contributed by atoms with Gasteiger partial charge < -0.3 is 10.6 Å². The van der Waals surface area contributed by atoms with Gasteiger partial charge in [0.05, 0.1) is 0 Å². The third-order valence-corrected chi connectivity index (χ3v) is 3.16. The van der Waals surface area contributed by atoms with Crippen LogP contribution in [0.1, 0.15) is 26.2 Å². The van der Waals surface area contributed by atoms with Gasteiger partial charge in [-0.1, -0.05) is 6.92 Å². The predicted octanol–water partition coefficient (Wildman–Crippen LogP) is 0.511. The summed E-state index contributed by atoms with van der Waals surface area (Å²) in [6.07, 6.45) is 3.10. The third-order valence-electron chi connectivity index (χ3n) is 3.16. The fraction of sp³-hybridized carbons (Fsp3) is 0.900. The summed E-state index contributed by atoms with van der Waals surface area (Å²) in [7, 11) is 0. The number of amides is 1. The normalized spacial score (nSPS) is 37.6. The van der Waals surface area contributed by atoms with Crippen LogP contribution in [-0.2, 0) is 4.79 Å². The molecule has 1 amide bonds. The largest absolute Gasteiger partial charge is 0.352 e. The van der Waals surface area contributed by atoms with Crippen LogP contribution in [0.2, 0.25) is 0 Å². The van der Waals surface area contributed by atoms with E-state index in [1.807, 2.05) is 0 Å². The first-order chi connectivity index (χ1) is 6.25. The molecule has 3 nitrogen and oxygen atoms in total. The van der Waals surface area contributed by atoms with E-state index >= 15 is 0 Å². The van der Waals surface area contributed by atoms with Gasteiger partial charge in [0, 0.05) is 19.0 Å². The maximum absolute atomic E-state index is 10.9. The molecule has 0 bridgehead atoms. The maximum atomic E-state index is 10.9. The minimum Gasteiger partial charge on any atom is -0.352 e. The van der Waals surface area contributed by atoms with E-state index in [-0.39, 0.29) is 5.91 Å². The lowest BCUT2D eigenvalue weighted by Crippen LogP contribution is -2.36. The molecule has 1 saturated carbocycles. The molecule has 1 saturated heterocycles. The SMILES string of the molecule is CC1CC1CNCC1CCC(=O)N1. The first-order valence-electron chi connectivity index (χ1n) is 5.26. The molecule has 2 rings (SSSR count). The number of carbonyl (C=O) groups is 1. The first kappa shape index (κ1) is 9.00. The number of rotatable bonds is 4. The van der Waals surface area contributed by atoms with Crippen LogP contribution >= 0.6 is 0 Å². The fourth-order valence-electron chi connectivity index (χ4n) is 1.96. The summed E-state index contributed by atoms with van der Waals surface area (Å²) in [5, 5.41) is 6.38. The van der Waals surface area contributed by atoms with Gasteiger partial charge in [0.2, 0.25) is 5.91 Å². The highest BCUT2D eigenvalue weighted by Gasteiger charge is 2.32. The molecular weight excluding hydrogens is 164 g/mol. The van der Waals surface area contributed by atoms with Crippen molar-refractivity contribution < 1.29 is 4.79 Å². The van der Waals surface area contributed by atoms with E-state index < -0.39 is 0 Å². The summed E-state index contributed by atoms with van der Waals surface area (Å²) in [6.45, 7) is 4.38. The van der Waals surface area contributed by atoms with Gasteiger partial charge in [-0.25, -0.2) is 0 Å². The lowest BCUT2D eigenvalue weighted by molar-refractivity contribution is -0.119. The van der Waals surface area contributed by atoms with Crippen molar-refractivity contribution in [3.05, 3.63) is 0 Å². The minimum atomic E-state index is 0.214. The Labute approximate surface area is 79.3 Å². The van der Waals surface area contributed by atoms with Gasteiger partial charge in [-0.3, -0.25) is 4.79 Å². The lowest BCUT2D eigenvalue weighted by Gasteiger charge is -2.10. The highest BCUT2D eigenvalue weighted by atomic mass is 16.1. The molecule has 0 radical (unpaired) electrons. The Bertz CT molecular complexity index is 205. The van der Waals surface area contributed by atoms with E-state index in [1.165, 1.54) is 6.42 Å². The van der Waals surface area contributed by atoms with Crippen molar-refractivity contribution in [2.75, 3.05) is 13.1 Å². The van der Waals surface area contributed by atoms with Gasteiger partial charge in [0.15, 0.2) is 0 Å². The average Bonchev–Trinajstić information content (AvgIpc) is 2.60. The molecule has 0 aromatic rings. The van der Waals surface area contributed by atoms with Crippen molar-refractivity contribution in [2.45, 2.75) is 32.2 Å². The molecular formula is C10H18N2O. The number of hydrogen-bond donors (Lipinski definition) is 2. The number of carbonyl (C=O) groups excluding carboxylic acids is 1. The van der Waals surface area contributed by atoms with E-state index in [1.54, 1.807) is 0 Å². The second-order valence-corrected chi connectivity index (χ2v) is 4.43. The van der Waals surface area contributed by atoms with Crippen molar-refractivity contribution in [3.63, 3.8) is 0 Å². The zero-order chi connectivity index (χ0) is 9.26. The molecule has 3 atom stereocenters. The Morgan fingerprint density at radius 3 is 2.85 bits per heavy atom. The van der Waals surface area contributed by atoms with Gasteiger partial charge in [0.25, 0.3) is 0 Å². The maximum Gasteiger partial charge on any atom is 0.220 e. The van der Waals surface area contributed by atoms with E-state index in [2.05, 4.69) is 17.6 Å². The van der Waals surface area contributed by atoms with Gasteiger partial charge >= 0.3 is 0 Å². The van der Waals surface area contributed by atoms with E-state index in [9.17, 15) is 4.79 Å². The van der Waals surface area contributed by atoms with Crippen LogP contribution in [0.4, 0.5) is 0 Å². The molecule has 13 heavy (non-hydrogen) atoms. The lowest BCUT2D eigenvalue weighted by atomic mass is 10.2. The average molecular weight is 182 g/mol. The Balaban J connectivity index is 1.55. The highest BCUT2D eigenvalue weighted by molar-refractivity contribution is 5.78. The summed E-state index contributed by atoms with van der Waals surface area (Å²) < 4.78 is 0. The van der Waals surface area contributed by atoms with E-state index in [0.717, 1.165) is 31.3 Å². The minimum absolute atomic E-state index is 0.214. The molecule has 2 N–H and O–H groups in total. The molecule has 1 heterocycles. The first-order valence-corrected chi connectivity index (χ1v) is 5.26. The van der Waals surface area contributed by atoms with E-state index in [0.29, 0.717) is 12.5 Å². The summed E-state index contributed by atoms with van der Waals surface area (Å²) in [4.78, 5) is 10.9. The Morgan fingerprint density at radius 2 is 2.31 bits per heavy atom. The molecule has 3 heteroatoms. The predicted molar refractivity (Wildman–Crippen MR) is 51.3 cm³/mol. The number of hydrogen-bond acceptors (Lipinski definition) is 2. The molecule has 74 valence electrons. The van der Waals surface area contributed by atoms with Gasteiger partial charge in [-0.05, 0) is 31.2 Å². The quantitative estimate of drug-likeness (QED) is 0.665. The molecule has 2 aliphatic rings. The van der Waals surface area contributed by atoms with Crippen LogP contribution in [0.25, 0.3) is 0 Å². The zero-order valence-electron chi connectivity index (χ0n) is 8.18. The summed E-state index contributed by atoms with van der Waals surface area (Å²) in [5.74, 6) is 2.04. The van der Waals surface area contributed by atoms with Crippen molar-refractivity contribution >= 4 is 5.91 Å². The Morgan fingerprint density at radius 1 is 1.54 bits per heavy atom. The second-order valence-electron chi connectivity index (χ2n) is 4.43. The number of nitrogens with one attached hydrogen (secondary N) is 2. The van der Waals surface area contributed by atoms with Crippen LogP contribution in [0, 0.1) is 11.8 Å². The topological polar surface area (TPSA) is 41.1 Å². The van der Waals surface area contributed by atoms with E-state index in [4.69, 9.17) is 0 Å². The fourth-order valence-corrected chi connectivity index (χ4v) is 1.96. The highest BCUT2D eigenvalue weighted by Crippen LogP contribution is 2.36. The van der Waals surface area contributed by atoms with Crippen LogP contribution < -0.4 is 10.6 Å². The smallest absolute Gasteiger partial charge is 0.220 e. The van der Waals surface area contributed by atoms with Crippen LogP contribution in [0.15, 0.2) is 0 Å². The summed E-state index contributed by atoms with van der Waals surface area (Å²) >= 11 is 0. The van der Waals surface area contributed by atoms with Gasteiger partial charge in [0.1, 0.15) is 0 Å². The van der Waals surface area contributed by atoms with Crippen molar-refractivity contribution in [1.29, 1.82) is 0 Å². The molecule has 2 fully saturated rings.